The summed E-state index contributed by atoms with van der Waals surface area (Å²) in [4.78, 5) is 26.1. The Morgan fingerprint density at radius 3 is 2.43 bits per heavy atom. The van der Waals surface area contributed by atoms with Crippen molar-refractivity contribution >= 4 is 38.3 Å². The molecular formula is C23H18N4O7S. The number of aromatic nitrogens is 1. The molecule has 1 heterocycles. The Balaban J connectivity index is 1.88. The van der Waals surface area contributed by atoms with Crippen LogP contribution in [0.3, 0.4) is 0 Å². The average molecular weight is 494 g/mol. The molecule has 0 aliphatic heterocycles. The highest BCUT2D eigenvalue weighted by molar-refractivity contribution is 7.89. The normalized spacial score (nSPS) is 11.3. The van der Waals surface area contributed by atoms with Gasteiger partial charge in [0.1, 0.15) is 16.3 Å². The first kappa shape index (κ1) is 23.6. The topological polar surface area (TPSA) is 186 Å². The number of hydrogen-bond donors (Lipinski definition) is 4. The van der Waals surface area contributed by atoms with Crippen molar-refractivity contribution in [3.63, 3.8) is 0 Å². The lowest BCUT2D eigenvalue weighted by molar-refractivity contribution is -0.384. The number of carbonyl (C=O) groups is 1. The Morgan fingerprint density at radius 1 is 1.09 bits per heavy atom. The predicted octanol–water partition coefficient (Wildman–Crippen LogP) is 3.47. The number of carboxylic acids is 1. The van der Waals surface area contributed by atoms with Crippen LogP contribution in [-0.4, -0.2) is 34.5 Å². The summed E-state index contributed by atoms with van der Waals surface area (Å²) in [5, 5.41) is 40.1. The number of pyridine rings is 1. The van der Waals surface area contributed by atoms with Gasteiger partial charge < -0.3 is 15.5 Å². The van der Waals surface area contributed by atoms with Gasteiger partial charge in [0.05, 0.1) is 21.7 Å². The van der Waals surface area contributed by atoms with E-state index >= 15 is 0 Å². The molecule has 0 fully saturated rings. The fraction of sp³-hybridized carbons (Fsp3) is 0.0435. The van der Waals surface area contributed by atoms with Crippen LogP contribution in [0.4, 0.5) is 11.4 Å². The molecule has 0 aliphatic rings. The highest BCUT2D eigenvalue weighted by Crippen LogP contribution is 2.36. The summed E-state index contributed by atoms with van der Waals surface area (Å²) in [6, 6.07) is 16.9. The van der Waals surface area contributed by atoms with Gasteiger partial charge in [0, 0.05) is 23.6 Å². The SMILES string of the molecule is NS(=O)(=O)c1cc(C(=O)O)cc([N+](=O)[O-])c1NCc1cc2ccccc2nc1-c1ccccc1O. The lowest BCUT2D eigenvalue weighted by atomic mass is 10.0. The molecule has 0 bridgehead atoms. The van der Waals surface area contributed by atoms with Gasteiger partial charge in [0.2, 0.25) is 10.0 Å². The maximum Gasteiger partial charge on any atom is 0.335 e. The van der Waals surface area contributed by atoms with Gasteiger partial charge in [-0.3, -0.25) is 10.1 Å². The molecule has 0 unspecified atom stereocenters. The lowest BCUT2D eigenvalue weighted by Gasteiger charge is -2.16. The van der Waals surface area contributed by atoms with Gasteiger partial charge in [-0.2, -0.15) is 0 Å². The minimum Gasteiger partial charge on any atom is -0.507 e. The number of para-hydroxylation sites is 2. The maximum absolute atomic E-state index is 12.2. The number of benzene rings is 3. The fourth-order valence-electron chi connectivity index (χ4n) is 3.66. The van der Waals surface area contributed by atoms with E-state index in [4.69, 9.17) is 5.14 Å². The molecule has 3 aromatic carbocycles. The van der Waals surface area contributed by atoms with Crippen LogP contribution in [0.5, 0.6) is 5.75 Å². The number of sulfonamides is 1. The zero-order valence-corrected chi connectivity index (χ0v) is 18.7. The zero-order chi connectivity index (χ0) is 25.3. The Kier molecular flexibility index (Phi) is 6.07. The van der Waals surface area contributed by atoms with E-state index in [1.807, 2.05) is 0 Å². The minimum absolute atomic E-state index is 0.0430. The molecule has 4 aromatic rings. The molecule has 0 atom stereocenters. The Labute approximate surface area is 198 Å². The number of anilines is 1. The number of phenolic OH excluding ortho intramolecular Hbond substituents is 1. The fourth-order valence-corrected chi connectivity index (χ4v) is 4.41. The number of phenols is 1. The van der Waals surface area contributed by atoms with Crippen molar-refractivity contribution in [1.82, 2.24) is 4.98 Å². The second-order valence-electron chi connectivity index (χ2n) is 7.54. The van der Waals surface area contributed by atoms with E-state index in [1.165, 1.54) is 6.07 Å². The van der Waals surface area contributed by atoms with Crippen molar-refractivity contribution in [2.75, 3.05) is 5.32 Å². The summed E-state index contributed by atoms with van der Waals surface area (Å²) in [5.74, 6) is -1.59. The maximum atomic E-state index is 12.2. The van der Waals surface area contributed by atoms with Crippen LogP contribution in [-0.2, 0) is 16.6 Å². The lowest BCUT2D eigenvalue weighted by Crippen LogP contribution is -2.17. The predicted molar refractivity (Wildman–Crippen MR) is 128 cm³/mol. The molecule has 0 radical (unpaired) electrons. The molecule has 5 N–H and O–H groups in total. The van der Waals surface area contributed by atoms with Gasteiger partial charge in [-0.25, -0.2) is 23.3 Å². The van der Waals surface area contributed by atoms with E-state index in [-0.39, 0.29) is 12.3 Å². The number of primary sulfonamides is 1. The van der Waals surface area contributed by atoms with Gasteiger partial charge in [0.15, 0.2) is 0 Å². The first-order valence-corrected chi connectivity index (χ1v) is 11.6. The average Bonchev–Trinajstić information content (AvgIpc) is 2.81. The van der Waals surface area contributed by atoms with E-state index < -0.39 is 42.7 Å². The minimum atomic E-state index is -4.54. The summed E-state index contributed by atoms with van der Waals surface area (Å²) < 4.78 is 24.4. The number of fused-ring (bicyclic) bond motifs is 1. The van der Waals surface area contributed by atoms with E-state index in [1.54, 1.807) is 48.5 Å². The highest BCUT2D eigenvalue weighted by atomic mass is 32.2. The van der Waals surface area contributed by atoms with Crippen LogP contribution in [0.2, 0.25) is 0 Å². The van der Waals surface area contributed by atoms with Crippen molar-refractivity contribution < 1.29 is 28.3 Å². The monoisotopic (exact) mass is 494 g/mol. The van der Waals surface area contributed by atoms with Crippen LogP contribution in [0, 0.1) is 10.1 Å². The number of nitrogens with one attached hydrogen (secondary N) is 1. The standard InChI is InChI=1S/C23H18N4O7S/c24-35(33,34)20-11-14(23(29)30)10-18(27(31)32)22(20)25-12-15-9-13-5-1-3-7-17(13)26-21(15)16-6-2-4-8-19(16)28/h1-11,25,28H,12H2,(H,29,30)(H2,24,33,34). The second-order valence-corrected chi connectivity index (χ2v) is 9.07. The molecule has 0 aliphatic carbocycles. The van der Waals surface area contributed by atoms with Crippen molar-refractivity contribution in [3.05, 3.63) is 88.0 Å². The van der Waals surface area contributed by atoms with Gasteiger partial charge in [0.25, 0.3) is 5.69 Å². The molecule has 4 rings (SSSR count). The van der Waals surface area contributed by atoms with Crippen molar-refractivity contribution in [2.24, 2.45) is 5.14 Å². The number of nitrogens with two attached hydrogens (primary N) is 1. The van der Waals surface area contributed by atoms with Crippen LogP contribution in [0.15, 0.2) is 71.6 Å². The Hall–Kier alpha value is -4.55. The summed E-state index contributed by atoms with van der Waals surface area (Å²) in [5.41, 5.74) is 0.0617. The van der Waals surface area contributed by atoms with Crippen LogP contribution in [0.25, 0.3) is 22.2 Å². The molecule has 0 saturated carbocycles. The van der Waals surface area contributed by atoms with E-state index in [9.17, 15) is 33.5 Å². The first-order valence-electron chi connectivity index (χ1n) is 10.1. The molecule has 11 nitrogen and oxygen atoms in total. The molecule has 0 spiro atoms. The highest BCUT2D eigenvalue weighted by Gasteiger charge is 2.27. The van der Waals surface area contributed by atoms with Crippen LogP contribution in [0.1, 0.15) is 15.9 Å². The number of nitrogens with zero attached hydrogens (tertiary/aromatic N) is 2. The quantitative estimate of drug-likeness (QED) is 0.220. The number of nitro groups is 1. The van der Waals surface area contributed by atoms with E-state index in [0.717, 1.165) is 17.5 Å². The molecule has 35 heavy (non-hydrogen) atoms. The molecule has 178 valence electrons. The summed E-state index contributed by atoms with van der Waals surface area (Å²) >= 11 is 0. The first-order chi connectivity index (χ1) is 16.6. The number of nitro benzene ring substituents is 1. The molecule has 12 heteroatoms. The van der Waals surface area contributed by atoms with Crippen LogP contribution < -0.4 is 10.5 Å². The largest absolute Gasteiger partial charge is 0.507 e. The van der Waals surface area contributed by atoms with Crippen LogP contribution >= 0.6 is 0 Å². The molecule has 0 amide bonds. The molecule has 1 aromatic heterocycles. The summed E-state index contributed by atoms with van der Waals surface area (Å²) in [6.07, 6.45) is 0. The second kappa shape index (κ2) is 9.00. The van der Waals surface area contributed by atoms with E-state index in [2.05, 4.69) is 10.3 Å². The van der Waals surface area contributed by atoms with Crippen molar-refractivity contribution in [2.45, 2.75) is 11.4 Å². The molecular weight excluding hydrogens is 476 g/mol. The van der Waals surface area contributed by atoms with Gasteiger partial charge in [-0.05, 0) is 35.9 Å². The van der Waals surface area contributed by atoms with E-state index in [0.29, 0.717) is 22.3 Å². The number of aromatic carboxylic acids is 1. The Bertz CT molecular complexity index is 1600. The third-order valence-electron chi connectivity index (χ3n) is 5.25. The van der Waals surface area contributed by atoms with Gasteiger partial charge in [-0.15, -0.1) is 0 Å². The third-order valence-corrected chi connectivity index (χ3v) is 6.18. The number of rotatable bonds is 7. The smallest absolute Gasteiger partial charge is 0.335 e. The van der Waals surface area contributed by atoms with Crippen molar-refractivity contribution in [3.8, 4) is 17.0 Å². The van der Waals surface area contributed by atoms with Gasteiger partial charge in [-0.1, -0.05) is 30.3 Å². The summed E-state index contributed by atoms with van der Waals surface area (Å²) in [7, 11) is -4.54. The zero-order valence-electron chi connectivity index (χ0n) is 17.9. The van der Waals surface area contributed by atoms with Gasteiger partial charge >= 0.3 is 5.97 Å². The van der Waals surface area contributed by atoms with Crippen molar-refractivity contribution in [1.29, 1.82) is 0 Å². The Morgan fingerprint density at radius 2 is 1.77 bits per heavy atom. The summed E-state index contributed by atoms with van der Waals surface area (Å²) in [6.45, 7) is -0.155. The molecule has 0 saturated heterocycles. The number of carboxylic acid groups (broad SMARTS) is 1. The third kappa shape index (κ3) is 4.74. The number of hydrogen-bond acceptors (Lipinski definition) is 8. The number of aromatic hydroxyl groups is 1.